The van der Waals surface area contributed by atoms with Gasteiger partial charge in [0.1, 0.15) is 5.70 Å². The number of aryl methyl sites for hydroxylation is 1. The van der Waals surface area contributed by atoms with E-state index in [-0.39, 0.29) is 23.3 Å². The van der Waals surface area contributed by atoms with Gasteiger partial charge in [-0.25, -0.2) is 4.99 Å². The van der Waals surface area contributed by atoms with Gasteiger partial charge in [-0.05, 0) is 42.8 Å². The fraction of sp³-hybridized carbons (Fsp3) is 0.261. The van der Waals surface area contributed by atoms with E-state index < -0.39 is 0 Å². The molecular formula is C23H21Cl2N3O3S. The molecule has 0 spiro atoms. The van der Waals surface area contributed by atoms with E-state index >= 15 is 0 Å². The highest BCUT2D eigenvalue weighted by atomic mass is 35.5. The Morgan fingerprint density at radius 3 is 2.53 bits per heavy atom. The number of amidine groups is 1. The summed E-state index contributed by atoms with van der Waals surface area (Å²) in [6, 6.07) is 12.7. The maximum Gasteiger partial charge on any atom is 0.283 e. The van der Waals surface area contributed by atoms with Crippen LogP contribution in [-0.2, 0) is 14.3 Å². The first-order chi connectivity index (χ1) is 15.4. The molecule has 1 fully saturated rings. The third kappa shape index (κ3) is 5.18. The topological polar surface area (TPSA) is 62.2 Å². The normalized spacial score (nSPS) is 17.8. The number of anilines is 1. The Hall–Kier alpha value is -2.32. The van der Waals surface area contributed by atoms with Crippen LogP contribution in [0.4, 0.5) is 5.69 Å². The molecule has 0 atom stereocenters. The average molecular weight is 490 g/mol. The summed E-state index contributed by atoms with van der Waals surface area (Å²) >= 11 is 13.4. The Labute approximate surface area is 200 Å². The molecule has 4 rings (SSSR count). The van der Waals surface area contributed by atoms with Gasteiger partial charge in [-0.3, -0.25) is 14.5 Å². The first kappa shape index (κ1) is 22.9. The lowest BCUT2D eigenvalue weighted by Gasteiger charge is -2.27. The Morgan fingerprint density at radius 1 is 1.12 bits per heavy atom. The summed E-state index contributed by atoms with van der Waals surface area (Å²) in [4.78, 5) is 33.8. The van der Waals surface area contributed by atoms with Gasteiger partial charge in [0.15, 0.2) is 5.17 Å². The summed E-state index contributed by atoms with van der Waals surface area (Å²) in [5.74, 6) is -0.0744. The summed E-state index contributed by atoms with van der Waals surface area (Å²) in [5, 5.41) is 1.30. The van der Waals surface area contributed by atoms with Gasteiger partial charge in [-0.1, -0.05) is 58.7 Å². The summed E-state index contributed by atoms with van der Waals surface area (Å²) in [6.45, 7) is 4.23. The smallest absolute Gasteiger partial charge is 0.283 e. The number of amides is 2. The van der Waals surface area contributed by atoms with Crippen LogP contribution in [-0.4, -0.2) is 53.9 Å². The predicted molar refractivity (Wildman–Crippen MR) is 130 cm³/mol. The molecule has 2 heterocycles. The maximum absolute atomic E-state index is 13.3. The Balaban J connectivity index is 1.60. The minimum Gasteiger partial charge on any atom is -0.378 e. The van der Waals surface area contributed by atoms with E-state index in [1.54, 1.807) is 34.1 Å². The molecule has 0 radical (unpaired) electrons. The molecule has 6 nitrogen and oxygen atoms in total. The van der Waals surface area contributed by atoms with Crippen molar-refractivity contribution in [2.24, 2.45) is 4.99 Å². The van der Waals surface area contributed by atoms with Crippen molar-refractivity contribution in [2.75, 3.05) is 37.0 Å². The van der Waals surface area contributed by atoms with E-state index in [0.29, 0.717) is 52.8 Å². The number of benzene rings is 2. The van der Waals surface area contributed by atoms with E-state index in [2.05, 4.69) is 4.99 Å². The monoisotopic (exact) mass is 489 g/mol. The fourth-order valence-electron chi connectivity index (χ4n) is 3.31. The van der Waals surface area contributed by atoms with Crippen molar-refractivity contribution in [3.63, 3.8) is 0 Å². The molecule has 9 heteroatoms. The molecule has 2 aromatic carbocycles. The molecule has 0 N–H and O–H groups in total. The number of thioether (sulfide) groups is 1. The molecule has 1 saturated heterocycles. The highest BCUT2D eigenvalue weighted by Crippen LogP contribution is 2.31. The van der Waals surface area contributed by atoms with Crippen molar-refractivity contribution in [2.45, 2.75) is 6.92 Å². The molecule has 0 unspecified atom stereocenters. The van der Waals surface area contributed by atoms with Gasteiger partial charge in [0.2, 0.25) is 5.91 Å². The summed E-state index contributed by atoms with van der Waals surface area (Å²) in [6.07, 6.45) is 1.67. The van der Waals surface area contributed by atoms with Crippen LogP contribution in [0.3, 0.4) is 0 Å². The number of hydrogen-bond acceptors (Lipinski definition) is 5. The van der Waals surface area contributed by atoms with Crippen molar-refractivity contribution in [1.82, 2.24) is 4.90 Å². The van der Waals surface area contributed by atoms with Crippen molar-refractivity contribution < 1.29 is 14.3 Å². The van der Waals surface area contributed by atoms with Gasteiger partial charge >= 0.3 is 0 Å². The zero-order valence-corrected chi connectivity index (χ0v) is 19.7. The fourth-order valence-corrected chi connectivity index (χ4v) is 4.53. The minimum absolute atomic E-state index is 0.000724. The molecule has 0 saturated carbocycles. The van der Waals surface area contributed by atoms with Gasteiger partial charge in [-0.15, -0.1) is 0 Å². The van der Waals surface area contributed by atoms with Crippen molar-refractivity contribution in [3.8, 4) is 0 Å². The number of carbonyl (C=O) groups excluding carboxylic acids is 2. The number of aliphatic imine (C=N–C) groups is 1. The van der Waals surface area contributed by atoms with Crippen LogP contribution in [0.1, 0.15) is 11.1 Å². The van der Waals surface area contributed by atoms with E-state index in [1.807, 2.05) is 31.2 Å². The second-order valence-corrected chi connectivity index (χ2v) is 9.11. The maximum atomic E-state index is 13.3. The van der Waals surface area contributed by atoms with Gasteiger partial charge in [0.25, 0.3) is 5.91 Å². The molecule has 0 aromatic heterocycles. The Morgan fingerprint density at radius 2 is 1.84 bits per heavy atom. The third-order valence-corrected chi connectivity index (χ3v) is 6.72. The number of morpholine rings is 1. The van der Waals surface area contributed by atoms with E-state index in [1.165, 1.54) is 11.8 Å². The quantitative estimate of drug-likeness (QED) is 0.586. The van der Waals surface area contributed by atoms with Crippen molar-refractivity contribution in [1.29, 1.82) is 0 Å². The highest BCUT2D eigenvalue weighted by Gasteiger charge is 2.33. The van der Waals surface area contributed by atoms with E-state index in [9.17, 15) is 9.59 Å². The van der Waals surface area contributed by atoms with Crippen molar-refractivity contribution in [3.05, 3.63) is 69.3 Å². The molecular weight excluding hydrogens is 469 g/mol. The molecule has 2 aromatic rings. The number of nitrogens with zero attached hydrogens (tertiary/aromatic N) is 3. The first-order valence-electron chi connectivity index (χ1n) is 10.1. The van der Waals surface area contributed by atoms with Crippen LogP contribution in [0.15, 0.2) is 53.2 Å². The van der Waals surface area contributed by atoms with Crippen molar-refractivity contribution >= 4 is 63.7 Å². The standard InChI is InChI=1S/C23H21Cl2N3O3S/c1-15-2-5-17(6-3-15)28-22(30)20(13-16-4-7-18(24)19(25)12-16)26-23(28)32-14-21(29)27-8-10-31-11-9-27/h2-7,12-13H,8-11,14H2,1H3/b20-13+. The lowest BCUT2D eigenvalue weighted by atomic mass is 10.2. The molecule has 0 aliphatic carbocycles. The molecule has 2 aliphatic rings. The molecule has 32 heavy (non-hydrogen) atoms. The predicted octanol–water partition coefficient (Wildman–Crippen LogP) is 4.64. The minimum atomic E-state index is -0.263. The van der Waals surface area contributed by atoms with Crippen LogP contribution in [0.5, 0.6) is 0 Å². The number of rotatable bonds is 4. The second kappa shape index (κ2) is 10.1. The van der Waals surface area contributed by atoms with E-state index in [0.717, 1.165) is 5.56 Å². The van der Waals surface area contributed by atoms with Gasteiger partial charge in [-0.2, -0.15) is 0 Å². The van der Waals surface area contributed by atoms with Crippen LogP contribution >= 0.6 is 35.0 Å². The number of ether oxygens (including phenoxy) is 1. The van der Waals surface area contributed by atoms with Crippen LogP contribution in [0.2, 0.25) is 10.0 Å². The molecule has 0 bridgehead atoms. The molecule has 2 amide bonds. The Bertz CT molecular complexity index is 1100. The summed E-state index contributed by atoms with van der Waals surface area (Å²) < 4.78 is 5.31. The largest absolute Gasteiger partial charge is 0.378 e. The number of halogens is 2. The molecule has 2 aliphatic heterocycles. The third-order valence-electron chi connectivity index (χ3n) is 5.06. The second-order valence-electron chi connectivity index (χ2n) is 7.36. The average Bonchev–Trinajstić information content (AvgIpc) is 3.10. The van der Waals surface area contributed by atoms with Crippen LogP contribution < -0.4 is 4.90 Å². The van der Waals surface area contributed by atoms with Crippen LogP contribution in [0, 0.1) is 6.92 Å². The summed E-state index contributed by atoms with van der Waals surface area (Å²) in [5.41, 5.74) is 2.76. The first-order valence-corrected chi connectivity index (χ1v) is 11.8. The number of carbonyl (C=O) groups is 2. The zero-order valence-electron chi connectivity index (χ0n) is 17.4. The highest BCUT2D eigenvalue weighted by molar-refractivity contribution is 8.14. The van der Waals surface area contributed by atoms with Crippen LogP contribution in [0.25, 0.3) is 6.08 Å². The molecule has 166 valence electrons. The lowest BCUT2D eigenvalue weighted by Crippen LogP contribution is -2.42. The van der Waals surface area contributed by atoms with Gasteiger partial charge in [0.05, 0.1) is 34.7 Å². The van der Waals surface area contributed by atoms with E-state index in [4.69, 9.17) is 27.9 Å². The van der Waals surface area contributed by atoms with Gasteiger partial charge < -0.3 is 9.64 Å². The van der Waals surface area contributed by atoms with Gasteiger partial charge in [0, 0.05) is 13.1 Å². The zero-order chi connectivity index (χ0) is 22.7. The SMILES string of the molecule is Cc1ccc(N2C(=O)/C(=C\c3ccc(Cl)c(Cl)c3)N=C2SCC(=O)N2CCOCC2)cc1. The lowest BCUT2D eigenvalue weighted by molar-refractivity contribution is -0.132. The summed E-state index contributed by atoms with van der Waals surface area (Å²) in [7, 11) is 0. The number of hydrogen-bond donors (Lipinski definition) is 0. The Kier molecular flexibility index (Phi) is 7.20.